The molecule has 3 saturated heterocycles. The Kier molecular flexibility index (Phi) is 15.2. The first-order valence-electron chi connectivity index (χ1n) is 27.4. The zero-order chi connectivity index (χ0) is 54.6. The first-order chi connectivity index (χ1) is 36.7. The van der Waals surface area contributed by atoms with Gasteiger partial charge in [-0.1, -0.05) is 82.3 Å². The second kappa shape index (κ2) is 21.6. The average Bonchev–Trinajstić information content (AvgIpc) is 4.25. The van der Waals surface area contributed by atoms with E-state index in [-0.39, 0.29) is 85.6 Å². The monoisotopic (exact) mass is 1080 g/mol. The number of thiazole rings is 1. The summed E-state index contributed by atoms with van der Waals surface area (Å²) >= 11 is 1.57. The molecule has 5 fully saturated rings. The van der Waals surface area contributed by atoms with Crippen molar-refractivity contribution in [2.24, 2.45) is 39.6 Å². The van der Waals surface area contributed by atoms with Crippen LogP contribution in [0.1, 0.15) is 115 Å². The van der Waals surface area contributed by atoms with E-state index in [1.807, 2.05) is 104 Å². The highest BCUT2D eigenvalue weighted by Crippen LogP contribution is 2.73. The molecule has 4 aliphatic heterocycles. The van der Waals surface area contributed by atoms with Crippen molar-refractivity contribution < 1.29 is 37.9 Å². The molecule has 5 N–H and O–H groups in total. The van der Waals surface area contributed by atoms with Gasteiger partial charge in [-0.3, -0.25) is 28.7 Å². The largest absolute Gasteiger partial charge is 0.391 e. The van der Waals surface area contributed by atoms with Gasteiger partial charge in [0.2, 0.25) is 23.6 Å². The molecule has 10 rings (SSSR count). The standard InChI is InChI=1S/C57H73F2N11O6S/c1-33(36-13-15-38(16-14-36)50-34(2)60-32-77-50)62-52(74)44-24-41(71)31-69(44)54(76)51(55(3,4)5)64-46(72)20-23-67-21-18-35(19-22-67)12-17-47(73)68-28-39(29-68)49(37-10-8-7-9-11-37)70-30-40(27-61-70)63-53(75)48-42-25-45-56(6,57(45,58)59)26-43(42)65-66-48/h7-11,13-16,27,30,32-33,35,39,41-45,49,51,65,71H,12,17-26,28-29,31H2,1-6H3,(H,62,74)(H,63,75)(H,64,72)/t33-,41+,42?,43?,44-,45-,49+,51+,56+/m0/s1. The minimum Gasteiger partial charge on any atom is -0.391 e. The van der Waals surface area contributed by atoms with Crippen LogP contribution in [0.15, 0.2) is 77.6 Å². The number of aliphatic hydroxyl groups is 1. The summed E-state index contributed by atoms with van der Waals surface area (Å²) in [7, 11) is 0. The Morgan fingerprint density at radius 1 is 0.948 bits per heavy atom. The number of rotatable bonds is 17. The van der Waals surface area contributed by atoms with Gasteiger partial charge < -0.3 is 41.2 Å². The lowest BCUT2D eigenvalue weighted by molar-refractivity contribution is -0.144. The van der Waals surface area contributed by atoms with E-state index in [2.05, 4.69) is 41.5 Å². The Labute approximate surface area is 453 Å². The number of carbonyl (C=O) groups is 5. The molecule has 2 saturated carbocycles. The van der Waals surface area contributed by atoms with E-state index in [0.717, 1.165) is 59.6 Å². The number of hydrogen-bond acceptors (Lipinski definition) is 12. The summed E-state index contributed by atoms with van der Waals surface area (Å²) in [5.74, 6) is -4.68. The summed E-state index contributed by atoms with van der Waals surface area (Å²) in [5.41, 5.74) is 7.73. The third-order valence-corrected chi connectivity index (χ3v) is 18.6. The van der Waals surface area contributed by atoms with Gasteiger partial charge >= 0.3 is 0 Å². The zero-order valence-electron chi connectivity index (χ0n) is 44.9. The van der Waals surface area contributed by atoms with E-state index in [0.29, 0.717) is 37.7 Å². The maximum Gasteiger partial charge on any atom is 0.272 e. The van der Waals surface area contributed by atoms with Crippen LogP contribution in [0.3, 0.4) is 0 Å². The van der Waals surface area contributed by atoms with Gasteiger partial charge in [-0.2, -0.15) is 10.2 Å². The lowest BCUT2D eigenvalue weighted by atomic mass is 9.77. The summed E-state index contributed by atoms with van der Waals surface area (Å²) < 4.78 is 31.0. The molecule has 17 nitrogen and oxygen atoms in total. The molecular formula is C57H73F2N11O6S. The number of aryl methyl sites for hydroxylation is 1. The first-order valence-corrected chi connectivity index (χ1v) is 28.3. The highest BCUT2D eigenvalue weighted by molar-refractivity contribution is 7.13. The second-order valence-corrected chi connectivity index (χ2v) is 24.8. The SMILES string of the molecule is Cc1ncsc1-c1ccc([C@H](C)NC(=O)[C@@H]2C[C@@H](O)CN2C(=O)[C@@H](NC(=O)CCN2CCC(CCC(=O)N3CC([C@@H](c4ccccc4)n4cc(NC(=O)C5=NNC6C[C@]7(C)[C@H](CC56)C7(F)F)cn4)C3)CC2)C(C)(C)C)cc1. The Bertz CT molecular complexity index is 2860. The number of likely N-dealkylation sites (tertiary alicyclic amines) is 3. The number of β-amino-alcohol motifs (C(OH)–C–C–N with tert-alkyl or cyclic N) is 1. The van der Waals surface area contributed by atoms with Crippen LogP contribution in [0.4, 0.5) is 14.5 Å². The molecule has 0 spiro atoms. The van der Waals surface area contributed by atoms with Gasteiger partial charge in [0.05, 0.1) is 52.2 Å². The first kappa shape index (κ1) is 54.2. The van der Waals surface area contributed by atoms with Crippen molar-refractivity contribution in [2.75, 3.05) is 44.6 Å². The molecule has 77 heavy (non-hydrogen) atoms. The van der Waals surface area contributed by atoms with Crippen LogP contribution >= 0.6 is 11.3 Å². The molecule has 0 bridgehead atoms. The van der Waals surface area contributed by atoms with E-state index in [4.69, 9.17) is 0 Å². The quantitative estimate of drug-likeness (QED) is 0.0770. The highest BCUT2D eigenvalue weighted by atomic mass is 32.1. The summed E-state index contributed by atoms with van der Waals surface area (Å²) in [5, 5.41) is 28.6. The van der Waals surface area contributed by atoms with Crippen LogP contribution in [0, 0.1) is 41.4 Å². The Balaban J connectivity index is 0.654. The van der Waals surface area contributed by atoms with Crippen molar-refractivity contribution >= 4 is 52.3 Å². The van der Waals surface area contributed by atoms with Crippen LogP contribution in [0.2, 0.25) is 0 Å². The lowest BCUT2D eigenvalue weighted by Crippen LogP contribution is -2.58. The smallest absolute Gasteiger partial charge is 0.272 e. The van der Waals surface area contributed by atoms with E-state index in [1.165, 1.54) is 4.90 Å². The molecule has 6 aliphatic rings. The average molecular weight is 1080 g/mol. The van der Waals surface area contributed by atoms with Crippen LogP contribution in [0.25, 0.3) is 10.4 Å². The maximum atomic E-state index is 14.6. The normalized spacial score (nSPS) is 26.3. The van der Waals surface area contributed by atoms with Crippen molar-refractivity contribution in [1.29, 1.82) is 0 Å². The third-order valence-electron chi connectivity index (χ3n) is 17.6. The van der Waals surface area contributed by atoms with Crippen molar-refractivity contribution in [1.82, 2.24) is 45.5 Å². The molecule has 0 radical (unpaired) electrons. The van der Waals surface area contributed by atoms with Gasteiger partial charge in [0.25, 0.3) is 11.8 Å². The van der Waals surface area contributed by atoms with E-state index in [9.17, 15) is 37.9 Å². The predicted octanol–water partition coefficient (Wildman–Crippen LogP) is 6.56. The number of piperidine rings is 1. The number of nitrogens with zero attached hydrogens (tertiary/aromatic N) is 7. The van der Waals surface area contributed by atoms with Crippen LogP contribution in [-0.4, -0.2) is 139 Å². The fraction of sp³-hybridized carbons (Fsp3) is 0.579. The summed E-state index contributed by atoms with van der Waals surface area (Å²) in [6.07, 6.45) is 6.34. The number of alkyl halides is 2. The number of hydrogen-bond donors (Lipinski definition) is 5. The molecule has 412 valence electrons. The number of benzene rings is 2. The third kappa shape index (κ3) is 11.2. The van der Waals surface area contributed by atoms with Crippen molar-refractivity contribution in [2.45, 2.75) is 135 Å². The predicted molar refractivity (Wildman–Crippen MR) is 289 cm³/mol. The van der Waals surface area contributed by atoms with Crippen molar-refractivity contribution in [3.05, 3.63) is 89.3 Å². The molecule has 2 aromatic carbocycles. The van der Waals surface area contributed by atoms with E-state index < -0.39 is 52.7 Å². The number of fused-ring (bicyclic) bond motifs is 2. The second-order valence-electron chi connectivity index (χ2n) is 23.9. The lowest BCUT2D eigenvalue weighted by Gasteiger charge is -2.44. The van der Waals surface area contributed by atoms with Crippen LogP contribution in [-0.2, 0) is 24.0 Å². The zero-order valence-corrected chi connectivity index (χ0v) is 45.7. The molecule has 5 amide bonds. The number of aliphatic hydroxyl groups excluding tert-OH is 1. The molecule has 2 aliphatic carbocycles. The fourth-order valence-electron chi connectivity index (χ4n) is 12.7. The minimum absolute atomic E-state index is 0.00351. The number of anilines is 1. The summed E-state index contributed by atoms with van der Waals surface area (Å²) in [4.78, 5) is 79.6. The van der Waals surface area contributed by atoms with Crippen molar-refractivity contribution in [3.63, 3.8) is 0 Å². The molecule has 2 aromatic heterocycles. The van der Waals surface area contributed by atoms with Crippen molar-refractivity contribution in [3.8, 4) is 10.4 Å². The topological polar surface area (TPSA) is 206 Å². The Morgan fingerprint density at radius 3 is 2.36 bits per heavy atom. The Morgan fingerprint density at radius 2 is 1.68 bits per heavy atom. The van der Waals surface area contributed by atoms with Crippen LogP contribution < -0.4 is 21.4 Å². The summed E-state index contributed by atoms with van der Waals surface area (Å²) in [6, 6.07) is 15.3. The fourth-order valence-corrected chi connectivity index (χ4v) is 13.5. The van der Waals surface area contributed by atoms with Gasteiger partial charge in [0.15, 0.2) is 0 Å². The van der Waals surface area contributed by atoms with Crippen LogP contribution in [0.5, 0.6) is 0 Å². The number of nitrogens with one attached hydrogen (secondary N) is 4. The molecule has 4 aromatic rings. The number of aromatic nitrogens is 3. The number of carbonyl (C=O) groups excluding carboxylic acids is 5. The molecule has 2 unspecified atom stereocenters. The molecule has 6 heterocycles. The molecule has 9 atom stereocenters. The Hall–Kier alpha value is -6.12. The van der Waals surface area contributed by atoms with Gasteiger partial charge in [0, 0.05) is 74.8 Å². The number of hydrazone groups is 1. The van der Waals surface area contributed by atoms with E-state index in [1.54, 1.807) is 30.7 Å². The van der Waals surface area contributed by atoms with Gasteiger partial charge in [0.1, 0.15) is 17.8 Å². The van der Waals surface area contributed by atoms with Gasteiger partial charge in [-0.15, -0.1) is 11.3 Å². The molecular weight excluding hydrogens is 1000 g/mol. The van der Waals surface area contributed by atoms with Gasteiger partial charge in [-0.25, -0.2) is 13.8 Å². The maximum absolute atomic E-state index is 14.6. The summed E-state index contributed by atoms with van der Waals surface area (Å²) in [6.45, 7) is 14.4. The minimum atomic E-state index is -2.72. The van der Waals surface area contributed by atoms with Gasteiger partial charge in [-0.05, 0) is 87.1 Å². The highest BCUT2D eigenvalue weighted by Gasteiger charge is 2.80. The van der Waals surface area contributed by atoms with E-state index >= 15 is 0 Å². The molecule has 20 heteroatoms. The number of halogens is 2. The number of amides is 5.